The van der Waals surface area contributed by atoms with Gasteiger partial charge < -0.3 is 9.73 Å². The van der Waals surface area contributed by atoms with Crippen molar-refractivity contribution in [1.29, 1.82) is 0 Å². The van der Waals surface area contributed by atoms with E-state index in [1.165, 1.54) is 0 Å². The molecule has 0 atom stereocenters. The molecule has 0 aromatic carbocycles. The van der Waals surface area contributed by atoms with Crippen molar-refractivity contribution < 1.29 is 4.42 Å². The summed E-state index contributed by atoms with van der Waals surface area (Å²) < 4.78 is 5.71. The maximum atomic E-state index is 5.71. The van der Waals surface area contributed by atoms with E-state index in [1.807, 2.05) is 13.8 Å². The molecule has 4 nitrogen and oxygen atoms in total. The molecule has 2 aromatic rings. The molecule has 2 heterocycles. The highest BCUT2D eigenvalue weighted by Crippen LogP contribution is 2.29. The van der Waals surface area contributed by atoms with Crippen molar-refractivity contribution in [2.75, 3.05) is 0 Å². The predicted molar refractivity (Wildman–Crippen MR) is 69.1 cm³/mol. The molecule has 0 unspecified atom stereocenters. The van der Waals surface area contributed by atoms with Crippen LogP contribution in [0.15, 0.2) is 10.6 Å². The molecule has 17 heavy (non-hydrogen) atoms. The van der Waals surface area contributed by atoms with Gasteiger partial charge in [-0.1, -0.05) is 13.8 Å². The summed E-state index contributed by atoms with van der Waals surface area (Å²) in [5, 5.41) is 4.33. The third-order valence-electron chi connectivity index (χ3n) is 2.34. The molecule has 0 aliphatic carbocycles. The molecule has 5 heteroatoms. The molecule has 0 saturated heterocycles. The van der Waals surface area contributed by atoms with E-state index < -0.39 is 0 Å². The Bertz CT molecular complexity index is 502. The van der Waals surface area contributed by atoms with Gasteiger partial charge in [0.15, 0.2) is 5.76 Å². The van der Waals surface area contributed by atoms with Crippen molar-refractivity contribution in [3.8, 4) is 10.6 Å². The fourth-order valence-corrected chi connectivity index (χ4v) is 2.41. The minimum absolute atomic E-state index is 0.428. The van der Waals surface area contributed by atoms with Gasteiger partial charge in [-0.2, -0.15) is 0 Å². The minimum Gasteiger partial charge on any atom is -0.438 e. The Balaban J connectivity index is 2.15. The largest absolute Gasteiger partial charge is 0.438 e. The number of hydrogen-bond acceptors (Lipinski definition) is 5. The van der Waals surface area contributed by atoms with Crippen LogP contribution in [0.2, 0.25) is 0 Å². The van der Waals surface area contributed by atoms with Gasteiger partial charge in [0, 0.05) is 6.04 Å². The average molecular weight is 251 g/mol. The molecule has 0 amide bonds. The molecule has 1 N–H and O–H groups in total. The molecular formula is C12H17N3OS. The molecular weight excluding hydrogens is 234 g/mol. The van der Waals surface area contributed by atoms with E-state index in [0.29, 0.717) is 12.6 Å². The van der Waals surface area contributed by atoms with Crippen molar-refractivity contribution in [3.63, 3.8) is 0 Å². The highest BCUT2D eigenvalue weighted by molar-refractivity contribution is 7.15. The van der Waals surface area contributed by atoms with Gasteiger partial charge >= 0.3 is 0 Å². The SMILES string of the molecule is Cc1nc(C)c(-c2cnc(CNC(C)C)o2)s1. The Hall–Kier alpha value is -1.20. The van der Waals surface area contributed by atoms with Gasteiger partial charge in [-0.25, -0.2) is 9.97 Å². The average Bonchev–Trinajstić information content (AvgIpc) is 2.82. The first kappa shape index (κ1) is 12.3. The van der Waals surface area contributed by atoms with E-state index in [9.17, 15) is 0 Å². The van der Waals surface area contributed by atoms with Gasteiger partial charge in [0.25, 0.3) is 0 Å². The molecule has 0 bridgehead atoms. The van der Waals surface area contributed by atoms with Gasteiger partial charge in [-0.15, -0.1) is 11.3 Å². The van der Waals surface area contributed by atoms with Gasteiger partial charge in [0.05, 0.1) is 28.3 Å². The van der Waals surface area contributed by atoms with Crippen LogP contribution < -0.4 is 5.32 Å². The first-order valence-corrected chi connectivity index (χ1v) is 6.50. The highest BCUT2D eigenvalue weighted by atomic mass is 32.1. The number of aromatic nitrogens is 2. The standard InChI is InChI=1S/C12H17N3OS/c1-7(2)13-6-11-14-5-10(16-11)12-8(3)15-9(4)17-12/h5,7,13H,6H2,1-4H3. The summed E-state index contributed by atoms with van der Waals surface area (Å²) in [7, 11) is 0. The van der Waals surface area contributed by atoms with E-state index in [-0.39, 0.29) is 0 Å². The third kappa shape index (κ3) is 2.92. The summed E-state index contributed by atoms with van der Waals surface area (Å²) in [6, 6.07) is 0.428. The zero-order valence-corrected chi connectivity index (χ0v) is 11.4. The lowest BCUT2D eigenvalue weighted by molar-refractivity contribution is 0.459. The molecule has 0 aliphatic rings. The molecule has 0 spiro atoms. The van der Waals surface area contributed by atoms with Crippen molar-refractivity contribution >= 4 is 11.3 Å². The van der Waals surface area contributed by atoms with Crippen molar-refractivity contribution in [2.24, 2.45) is 0 Å². The minimum atomic E-state index is 0.428. The summed E-state index contributed by atoms with van der Waals surface area (Å²) in [6.07, 6.45) is 1.78. The third-order valence-corrected chi connectivity index (χ3v) is 3.43. The zero-order chi connectivity index (χ0) is 12.4. The second-order valence-electron chi connectivity index (χ2n) is 4.30. The Labute approximate surface area is 105 Å². The topological polar surface area (TPSA) is 51.0 Å². The zero-order valence-electron chi connectivity index (χ0n) is 10.6. The van der Waals surface area contributed by atoms with Crippen LogP contribution in [-0.2, 0) is 6.54 Å². The number of nitrogens with one attached hydrogen (secondary N) is 1. The fourth-order valence-electron chi connectivity index (χ4n) is 1.55. The Morgan fingerprint density at radius 3 is 2.76 bits per heavy atom. The lowest BCUT2D eigenvalue weighted by atomic mass is 10.3. The van der Waals surface area contributed by atoms with Crippen LogP contribution in [0.3, 0.4) is 0 Å². The molecule has 2 rings (SSSR count). The van der Waals surface area contributed by atoms with Crippen LogP contribution in [0.5, 0.6) is 0 Å². The van der Waals surface area contributed by atoms with Gasteiger partial charge in [-0.3, -0.25) is 0 Å². The van der Waals surface area contributed by atoms with Gasteiger partial charge in [0.2, 0.25) is 5.89 Å². The van der Waals surface area contributed by atoms with Crippen LogP contribution in [0.4, 0.5) is 0 Å². The first-order chi connectivity index (χ1) is 8.06. The fraction of sp³-hybridized carbons (Fsp3) is 0.500. The number of oxazole rings is 1. The number of aryl methyl sites for hydroxylation is 2. The maximum absolute atomic E-state index is 5.71. The highest BCUT2D eigenvalue weighted by Gasteiger charge is 2.12. The van der Waals surface area contributed by atoms with E-state index in [0.717, 1.165) is 27.2 Å². The van der Waals surface area contributed by atoms with Gasteiger partial charge in [0.1, 0.15) is 0 Å². The lowest BCUT2D eigenvalue weighted by Crippen LogP contribution is -2.21. The molecule has 0 saturated carbocycles. The van der Waals surface area contributed by atoms with Gasteiger partial charge in [-0.05, 0) is 13.8 Å². The summed E-state index contributed by atoms with van der Waals surface area (Å²) >= 11 is 1.64. The van der Waals surface area contributed by atoms with Crippen molar-refractivity contribution in [2.45, 2.75) is 40.3 Å². The van der Waals surface area contributed by atoms with E-state index >= 15 is 0 Å². The lowest BCUT2D eigenvalue weighted by Gasteiger charge is -2.03. The summed E-state index contributed by atoms with van der Waals surface area (Å²) in [4.78, 5) is 9.73. The Morgan fingerprint density at radius 1 is 1.41 bits per heavy atom. The van der Waals surface area contributed by atoms with Crippen molar-refractivity contribution in [1.82, 2.24) is 15.3 Å². The normalized spacial score (nSPS) is 11.4. The van der Waals surface area contributed by atoms with E-state index in [1.54, 1.807) is 17.5 Å². The molecule has 92 valence electrons. The summed E-state index contributed by atoms with van der Waals surface area (Å²) in [5.74, 6) is 1.54. The van der Waals surface area contributed by atoms with Crippen LogP contribution in [0.25, 0.3) is 10.6 Å². The van der Waals surface area contributed by atoms with E-state index in [4.69, 9.17) is 4.42 Å². The van der Waals surface area contributed by atoms with Crippen LogP contribution >= 0.6 is 11.3 Å². The van der Waals surface area contributed by atoms with E-state index in [2.05, 4.69) is 29.1 Å². The molecule has 2 aromatic heterocycles. The summed E-state index contributed by atoms with van der Waals surface area (Å²) in [5.41, 5.74) is 1.01. The van der Waals surface area contributed by atoms with Crippen LogP contribution in [-0.4, -0.2) is 16.0 Å². The first-order valence-electron chi connectivity index (χ1n) is 5.68. The van der Waals surface area contributed by atoms with Crippen LogP contribution in [0, 0.1) is 13.8 Å². The Kier molecular flexibility index (Phi) is 3.59. The Morgan fingerprint density at radius 2 is 2.18 bits per heavy atom. The number of nitrogens with zero attached hydrogens (tertiary/aromatic N) is 2. The second-order valence-corrected chi connectivity index (χ2v) is 5.50. The monoisotopic (exact) mass is 251 g/mol. The predicted octanol–water partition coefficient (Wildman–Crippen LogP) is 2.91. The number of thiazole rings is 1. The maximum Gasteiger partial charge on any atom is 0.208 e. The quantitative estimate of drug-likeness (QED) is 0.907. The van der Waals surface area contributed by atoms with Crippen LogP contribution in [0.1, 0.15) is 30.4 Å². The number of rotatable bonds is 4. The number of hydrogen-bond donors (Lipinski definition) is 1. The summed E-state index contributed by atoms with van der Waals surface area (Å²) in [6.45, 7) is 8.85. The molecule has 0 radical (unpaired) electrons. The molecule has 0 aliphatic heterocycles. The molecule has 0 fully saturated rings. The smallest absolute Gasteiger partial charge is 0.208 e. The second kappa shape index (κ2) is 4.98. The van der Waals surface area contributed by atoms with Crippen molar-refractivity contribution in [3.05, 3.63) is 22.8 Å².